The van der Waals surface area contributed by atoms with Crippen LogP contribution >= 0.6 is 0 Å². The SMILES string of the molecule is Cc1cnc2c(Nc3ccc(N4CCOCC4)cc3)nc(-c3ccc4c(c3)NC(=O)C4)cn12. The van der Waals surface area contributed by atoms with Crippen LogP contribution in [0.3, 0.4) is 0 Å². The number of imidazole rings is 1. The first-order chi connectivity index (χ1) is 16.1. The summed E-state index contributed by atoms with van der Waals surface area (Å²) >= 11 is 0. The van der Waals surface area contributed by atoms with Crippen molar-refractivity contribution in [2.75, 3.05) is 41.8 Å². The van der Waals surface area contributed by atoms with Crippen LogP contribution in [0.1, 0.15) is 11.3 Å². The summed E-state index contributed by atoms with van der Waals surface area (Å²) in [6.07, 6.45) is 4.26. The van der Waals surface area contributed by atoms with Gasteiger partial charge in [0, 0.05) is 53.8 Å². The van der Waals surface area contributed by atoms with Gasteiger partial charge < -0.3 is 20.3 Å². The highest BCUT2D eigenvalue weighted by atomic mass is 16.5. The number of amides is 1. The van der Waals surface area contributed by atoms with E-state index in [1.165, 1.54) is 5.69 Å². The number of nitrogens with zero attached hydrogens (tertiary/aromatic N) is 4. The largest absolute Gasteiger partial charge is 0.378 e. The summed E-state index contributed by atoms with van der Waals surface area (Å²) in [6.45, 7) is 5.37. The Hall–Kier alpha value is -3.91. The van der Waals surface area contributed by atoms with Crippen LogP contribution in [0.15, 0.2) is 54.9 Å². The van der Waals surface area contributed by atoms with E-state index in [0.717, 1.165) is 65.8 Å². The number of carbonyl (C=O) groups is 1. The van der Waals surface area contributed by atoms with Gasteiger partial charge in [-0.15, -0.1) is 0 Å². The van der Waals surface area contributed by atoms with Crippen molar-refractivity contribution in [1.29, 1.82) is 0 Å². The highest BCUT2D eigenvalue weighted by Gasteiger charge is 2.19. The Morgan fingerprint density at radius 1 is 1.09 bits per heavy atom. The number of fused-ring (bicyclic) bond motifs is 2. The number of nitrogens with one attached hydrogen (secondary N) is 2. The number of hydrogen-bond acceptors (Lipinski definition) is 6. The lowest BCUT2D eigenvalue weighted by atomic mass is 10.1. The van der Waals surface area contributed by atoms with E-state index in [4.69, 9.17) is 9.72 Å². The van der Waals surface area contributed by atoms with Gasteiger partial charge in [-0.25, -0.2) is 9.97 Å². The van der Waals surface area contributed by atoms with Gasteiger partial charge in [-0.1, -0.05) is 12.1 Å². The second-order valence-corrected chi connectivity index (χ2v) is 8.44. The third kappa shape index (κ3) is 3.68. The number of ether oxygens (including phenoxy) is 1. The van der Waals surface area contributed by atoms with Crippen molar-refractivity contribution in [3.05, 3.63) is 66.1 Å². The van der Waals surface area contributed by atoms with Crippen molar-refractivity contribution in [3.63, 3.8) is 0 Å². The second-order valence-electron chi connectivity index (χ2n) is 8.44. The molecule has 1 fully saturated rings. The Labute approximate surface area is 191 Å². The molecular weight excluding hydrogens is 416 g/mol. The molecule has 0 radical (unpaired) electrons. The van der Waals surface area contributed by atoms with E-state index in [0.29, 0.717) is 12.2 Å². The Balaban J connectivity index is 1.34. The van der Waals surface area contributed by atoms with Crippen LogP contribution in [0.4, 0.5) is 22.9 Å². The van der Waals surface area contributed by atoms with Crippen LogP contribution in [-0.4, -0.2) is 46.6 Å². The highest BCUT2D eigenvalue weighted by Crippen LogP contribution is 2.31. The average molecular weight is 441 g/mol. The predicted molar refractivity (Wildman–Crippen MR) is 128 cm³/mol. The van der Waals surface area contributed by atoms with Crippen LogP contribution < -0.4 is 15.5 Å². The highest BCUT2D eigenvalue weighted by molar-refractivity contribution is 5.99. The molecule has 2 aromatic heterocycles. The maximum Gasteiger partial charge on any atom is 0.228 e. The molecule has 8 heteroatoms. The lowest BCUT2D eigenvalue weighted by Crippen LogP contribution is -2.36. The molecule has 166 valence electrons. The molecule has 2 aliphatic rings. The van der Waals surface area contributed by atoms with Gasteiger partial charge in [-0.3, -0.25) is 9.20 Å². The van der Waals surface area contributed by atoms with Gasteiger partial charge >= 0.3 is 0 Å². The molecule has 0 saturated carbocycles. The van der Waals surface area contributed by atoms with Gasteiger partial charge in [0.05, 0.1) is 25.3 Å². The van der Waals surface area contributed by atoms with Crippen molar-refractivity contribution < 1.29 is 9.53 Å². The molecular formula is C25H24N6O2. The monoisotopic (exact) mass is 440 g/mol. The summed E-state index contributed by atoms with van der Waals surface area (Å²) in [7, 11) is 0. The molecule has 2 aromatic carbocycles. The molecule has 0 atom stereocenters. The van der Waals surface area contributed by atoms with Gasteiger partial charge in [-0.2, -0.15) is 0 Å². The van der Waals surface area contributed by atoms with Crippen molar-refractivity contribution >= 4 is 34.4 Å². The standard InChI is InChI=1S/C25H24N6O2/c1-16-14-26-25-24(27-19-4-6-20(7-5-19)30-8-10-33-11-9-30)29-22(15-31(16)25)17-2-3-18-13-23(32)28-21(18)12-17/h2-7,12,14-15H,8-11,13H2,1H3,(H,27,29)(H,28,32). The molecule has 4 heterocycles. The van der Waals surface area contributed by atoms with Crippen molar-refractivity contribution in [3.8, 4) is 11.3 Å². The lowest BCUT2D eigenvalue weighted by molar-refractivity contribution is -0.115. The summed E-state index contributed by atoms with van der Waals surface area (Å²) in [5.41, 5.74) is 7.54. The van der Waals surface area contributed by atoms with Crippen molar-refractivity contribution in [1.82, 2.24) is 14.4 Å². The minimum atomic E-state index is 0.0268. The fourth-order valence-corrected chi connectivity index (χ4v) is 4.42. The number of hydrogen-bond donors (Lipinski definition) is 2. The normalized spacial score (nSPS) is 15.5. The third-order valence-corrected chi connectivity index (χ3v) is 6.21. The summed E-state index contributed by atoms with van der Waals surface area (Å²) in [4.78, 5) is 23.6. The molecule has 1 saturated heterocycles. The zero-order chi connectivity index (χ0) is 22.4. The first kappa shape index (κ1) is 19.8. The van der Waals surface area contributed by atoms with E-state index in [9.17, 15) is 4.79 Å². The molecule has 0 spiro atoms. The van der Waals surface area contributed by atoms with Crippen molar-refractivity contribution in [2.24, 2.45) is 0 Å². The Morgan fingerprint density at radius 2 is 1.91 bits per heavy atom. The first-order valence-electron chi connectivity index (χ1n) is 11.1. The van der Waals surface area contributed by atoms with Gasteiger partial charge in [0.1, 0.15) is 0 Å². The molecule has 4 aromatic rings. The zero-order valence-electron chi connectivity index (χ0n) is 18.3. The maximum atomic E-state index is 11.8. The zero-order valence-corrected chi connectivity index (χ0v) is 18.3. The fourth-order valence-electron chi connectivity index (χ4n) is 4.42. The maximum absolute atomic E-state index is 11.8. The lowest BCUT2D eigenvalue weighted by Gasteiger charge is -2.28. The topological polar surface area (TPSA) is 83.8 Å². The Morgan fingerprint density at radius 3 is 2.73 bits per heavy atom. The van der Waals surface area contributed by atoms with Crippen LogP contribution in [0, 0.1) is 6.92 Å². The van der Waals surface area contributed by atoms with Gasteiger partial charge in [0.25, 0.3) is 0 Å². The molecule has 2 N–H and O–H groups in total. The molecule has 0 unspecified atom stereocenters. The molecule has 33 heavy (non-hydrogen) atoms. The predicted octanol–water partition coefficient (Wildman–Crippen LogP) is 3.78. The second kappa shape index (κ2) is 7.90. The Kier molecular flexibility index (Phi) is 4.73. The quantitative estimate of drug-likeness (QED) is 0.503. The van der Waals surface area contributed by atoms with Gasteiger partial charge in [0.2, 0.25) is 5.91 Å². The smallest absolute Gasteiger partial charge is 0.228 e. The minimum Gasteiger partial charge on any atom is -0.378 e. The molecule has 8 nitrogen and oxygen atoms in total. The third-order valence-electron chi connectivity index (χ3n) is 6.21. The van der Waals surface area contributed by atoms with E-state index in [-0.39, 0.29) is 5.91 Å². The molecule has 6 rings (SSSR count). The first-order valence-corrected chi connectivity index (χ1v) is 11.1. The average Bonchev–Trinajstić information content (AvgIpc) is 3.41. The Bertz CT molecular complexity index is 1360. The van der Waals surface area contributed by atoms with Crippen LogP contribution in [0.2, 0.25) is 0 Å². The molecule has 0 aliphatic carbocycles. The number of rotatable bonds is 4. The minimum absolute atomic E-state index is 0.0268. The molecule has 2 aliphatic heterocycles. The number of aryl methyl sites for hydroxylation is 1. The van der Waals surface area contributed by atoms with Crippen molar-refractivity contribution in [2.45, 2.75) is 13.3 Å². The van der Waals surface area contributed by atoms with E-state index >= 15 is 0 Å². The summed E-state index contributed by atoms with van der Waals surface area (Å²) in [6, 6.07) is 14.4. The van der Waals surface area contributed by atoms with Gasteiger partial charge in [-0.05, 0) is 42.8 Å². The van der Waals surface area contributed by atoms with E-state index in [1.807, 2.05) is 41.9 Å². The summed E-state index contributed by atoms with van der Waals surface area (Å²) in [5.74, 6) is 0.711. The number of carbonyl (C=O) groups excluding carboxylic acids is 1. The number of morpholine rings is 1. The van der Waals surface area contributed by atoms with E-state index in [1.54, 1.807) is 0 Å². The fraction of sp³-hybridized carbons (Fsp3) is 0.240. The van der Waals surface area contributed by atoms with Crippen LogP contribution in [0.25, 0.3) is 16.9 Å². The van der Waals surface area contributed by atoms with E-state index in [2.05, 4.69) is 44.8 Å². The molecule has 1 amide bonds. The molecule has 0 bridgehead atoms. The number of benzene rings is 2. The summed E-state index contributed by atoms with van der Waals surface area (Å²) < 4.78 is 7.49. The van der Waals surface area contributed by atoms with Gasteiger partial charge in [0.15, 0.2) is 11.5 Å². The number of anilines is 4. The van der Waals surface area contributed by atoms with Crippen LogP contribution in [-0.2, 0) is 16.0 Å². The summed E-state index contributed by atoms with van der Waals surface area (Å²) in [5, 5.41) is 6.38. The van der Waals surface area contributed by atoms with Crippen LogP contribution in [0.5, 0.6) is 0 Å². The number of aromatic nitrogens is 3. The van der Waals surface area contributed by atoms with E-state index < -0.39 is 0 Å².